The smallest absolute Gasteiger partial charge is 0.0950 e. The van der Waals surface area contributed by atoms with Crippen LogP contribution in [0.15, 0.2) is 18.1 Å². The van der Waals surface area contributed by atoms with Gasteiger partial charge in [-0.3, -0.25) is 0 Å². The second-order valence-corrected chi connectivity index (χ2v) is 2.80. The molecule has 1 heterocycles. The van der Waals surface area contributed by atoms with Crippen molar-refractivity contribution in [2.24, 2.45) is 5.73 Å². The summed E-state index contributed by atoms with van der Waals surface area (Å²) in [6, 6.07) is 0. The fourth-order valence-electron chi connectivity index (χ4n) is 1.03. The summed E-state index contributed by atoms with van der Waals surface area (Å²) in [6.07, 6.45) is 5.74. The molecule has 3 nitrogen and oxygen atoms in total. The van der Waals surface area contributed by atoms with Crippen LogP contribution in [0.1, 0.15) is 19.5 Å². The zero-order valence-electron chi connectivity index (χ0n) is 7.62. The second-order valence-electron chi connectivity index (χ2n) is 2.80. The number of nitrogens with zero attached hydrogens (tertiary/aromatic N) is 2. The zero-order valence-corrected chi connectivity index (χ0v) is 7.62. The van der Waals surface area contributed by atoms with Gasteiger partial charge in [0.2, 0.25) is 0 Å². The SMILES string of the molecule is CCn1cncc1/C=C(/C)CN. The average Bonchev–Trinajstić information content (AvgIpc) is 2.51. The Morgan fingerprint density at radius 1 is 1.75 bits per heavy atom. The topological polar surface area (TPSA) is 43.8 Å². The van der Waals surface area contributed by atoms with Crippen LogP contribution >= 0.6 is 0 Å². The molecule has 2 N–H and O–H groups in total. The van der Waals surface area contributed by atoms with Gasteiger partial charge >= 0.3 is 0 Å². The first kappa shape index (κ1) is 9.00. The minimum Gasteiger partial charge on any atom is -0.331 e. The molecule has 0 atom stereocenters. The van der Waals surface area contributed by atoms with Gasteiger partial charge in [-0.1, -0.05) is 5.57 Å². The minimum absolute atomic E-state index is 0.606. The summed E-state index contributed by atoms with van der Waals surface area (Å²) in [5, 5.41) is 0. The van der Waals surface area contributed by atoms with E-state index in [1.807, 2.05) is 19.4 Å². The summed E-state index contributed by atoms with van der Waals surface area (Å²) in [5.41, 5.74) is 7.78. The minimum atomic E-state index is 0.606. The summed E-state index contributed by atoms with van der Waals surface area (Å²) >= 11 is 0. The van der Waals surface area contributed by atoms with Crippen molar-refractivity contribution in [2.75, 3.05) is 6.54 Å². The van der Waals surface area contributed by atoms with Crippen molar-refractivity contribution in [2.45, 2.75) is 20.4 Å². The van der Waals surface area contributed by atoms with Gasteiger partial charge in [0.15, 0.2) is 0 Å². The van der Waals surface area contributed by atoms with E-state index >= 15 is 0 Å². The number of aromatic nitrogens is 2. The quantitative estimate of drug-likeness (QED) is 0.733. The van der Waals surface area contributed by atoms with Gasteiger partial charge < -0.3 is 10.3 Å². The highest BCUT2D eigenvalue weighted by molar-refractivity contribution is 5.48. The van der Waals surface area contributed by atoms with E-state index in [1.165, 1.54) is 5.57 Å². The second kappa shape index (κ2) is 4.07. The number of nitrogens with two attached hydrogens (primary N) is 1. The van der Waals surface area contributed by atoms with Crippen molar-refractivity contribution in [1.29, 1.82) is 0 Å². The molecular weight excluding hydrogens is 150 g/mol. The molecule has 0 bridgehead atoms. The third-order valence-electron chi connectivity index (χ3n) is 1.80. The van der Waals surface area contributed by atoms with Crippen molar-refractivity contribution in [1.82, 2.24) is 9.55 Å². The molecule has 0 amide bonds. The Hall–Kier alpha value is -1.09. The molecule has 66 valence electrons. The maximum Gasteiger partial charge on any atom is 0.0950 e. The number of rotatable bonds is 3. The molecule has 0 saturated carbocycles. The summed E-state index contributed by atoms with van der Waals surface area (Å²) < 4.78 is 2.08. The van der Waals surface area contributed by atoms with Crippen LogP contribution in [0.2, 0.25) is 0 Å². The number of imidazole rings is 1. The Kier molecular flexibility index (Phi) is 3.05. The highest BCUT2D eigenvalue weighted by Gasteiger charge is 1.95. The molecule has 0 aliphatic heterocycles. The van der Waals surface area contributed by atoms with Gasteiger partial charge in [-0.05, 0) is 19.9 Å². The first-order valence-electron chi connectivity index (χ1n) is 4.15. The predicted octanol–water partition coefficient (Wildman–Crippen LogP) is 1.26. The van der Waals surface area contributed by atoms with Gasteiger partial charge in [-0.2, -0.15) is 0 Å². The molecular formula is C9H15N3. The fraction of sp³-hybridized carbons (Fsp3) is 0.444. The lowest BCUT2D eigenvalue weighted by Crippen LogP contribution is -2.01. The van der Waals surface area contributed by atoms with Gasteiger partial charge in [-0.25, -0.2) is 4.98 Å². The Bertz CT molecular complexity index is 273. The van der Waals surface area contributed by atoms with Crippen LogP contribution in [-0.2, 0) is 6.54 Å². The highest BCUT2D eigenvalue weighted by atomic mass is 15.0. The molecule has 0 aromatic carbocycles. The van der Waals surface area contributed by atoms with E-state index in [-0.39, 0.29) is 0 Å². The maximum absolute atomic E-state index is 5.48. The number of hydrogen-bond donors (Lipinski definition) is 1. The van der Waals surface area contributed by atoms with Crippen molar-refractivity contribution < 1.29 is 0 Å². The van der Waals surface area contributed by atoms with Crippen LogP contribution in [-0.4, -0.2) is 16.1 Å². The molecule has 0 radical (unpaired) electrons. The zero-order chi connectivity index (χ0) is 8.97. The Morgan fingerprint density at radius 3 is 3.08 bits per heavy atom. The molecule has 3 heteroatoms. The molecule has 0 fully saturated rings. The van der Waals surface area contributed by atoms with Gasteiger partial charge in [0.05, 0.1) is 18.2 Å². The standard InChI is InChI=1S/C9H15N3/c1-3-12-7-11-6-9(12)4-8(2)5-10/h4,6-7H,3,5,10H2,1-2H3/b8-4-. The monoisotopic (exact) mass is 165 g/mol. The maximum atomic E-state index is 5.48. The van der Waals surface area contributed by atoms with Crippen LogP contribution in [0.25, 0.3) is 6.08 Å². The molecule has 0 aliphatic carbocycles. The van der Waals surface area contributed by atoms with Crippen molar-refractivity contribution in [3.05, 3.63) is 23.8 Å². The Balaban J connectivity index is 2.87. The predicted molar refractivity (Wildman–Crippen MR) is 50.6 cm³/mol. The van der Waals surface area contributed by atoms with Gasteiger partial charge in [-0.15, -0.1) is 0 Å². The van der Waals surface area contributed by atoms with Crippen LogP contribution < -0.4 is 5.73 Å². The van der Waals surface area contributed by atoms with E-state index in [0.717, 1.165) is 12.2 Å². The van der Waals surface area contributed by atoms with Crippen LogP contribution in [0.4, 0.5) is 0 Å². The summed E-state index contributed by atoms with van der Waals surface area (Å²) in [6.45, 7) is 5.67. The van der Waals surface area contributed by atoms with Gasteiger partial charge in [0.25, 0.3) is 0 Å². The van der Waals surface area contributed by atoms with Crippen LogP contribution in [0.5, 0.6) is 0 Å². The third-order valence-corrected chi connectivity index (χ3v) is 1.80. The summed E-state index contributed by atoms with van der Waals surface area (Å²) in [4.78, 5) is 4.06. The number of hydrogen-bond acceptors (Lipinski definition) is 2. The number of aryl methyl sites for hydroxylation is 1. The lowest BCUT2D eigenvalue weighted by atomic mass is 10.2. The molecule has 0 saturated heterocycles. The Morgan fingerprint density at radius 2 is 2.50 bits per heavy atom. The summed E-state index contributed by atoms with van der Waals surface area (Å²) in [7, 11) is 0. The van der Waals surface area contributed by atoms with Crippen molar-refractivity contribution >= 4 is 6.08 Å². The normalized spacial score (nSPS) is 12.1. The van der Waals surface area contributed by atoms with E-state index < -0.39 is 0 Å². The summed E-state index contributed by atoms with van der Waals surface area (Å²) in [5.74, 6) is 0. The highest BCUT2D eigenvalue weighted by Crippen LogP contribution is 2.04. The van der Waals surface area contributed by atoms with Crippen molar-refractivity contribution in [3.63, 3.8) is 0 Å². The lowest BCUT2D eigenvalue weighted by Gasteiger charge is -2.00. The fourth-order valence-corrected chi connectivity index (χ4v) is 1.03. The van der Waals surface area contributed by atoms with E-state index in [9.17, 15) is 0 Å². The van der Waals surface area contributed by atoms with E-state index in [1.54, 1.807) is 0 Å². The molecule has 0 aliphatic rings. The van der Waals surface area contributed by atoms with E-state index in [0.29, 0.717) is 6.54 Å². The molecule has 12 heavy (non-hydrogen) atoms. The van der Waals surface area contributed by atoms with Gasteiger partial charge in [0.1, 0.15) is 0 Å². The average molecular weight is 165 g/mol. The van der Waals surface area contributed by atoms with Crippen molar-refractivity contribution in [3.8, 4) is 0 Å². The van der Waals surface area contributed by atoms with Crippen LogP contribution in [0.3, 0.4) is 0 Å². The van der Waals surface area contributed by atoms with Gasteiger partial charge in [0, 0.05) is 13.1 Å². The third kappa shape index (κ3) is 1.95. The molecule has 0 spiro atoms. The molecule has 1 aromatic heterocycles. The van der Waals surface area contributed by atoms with Crippen LogP contribution in [0, 0.1) is 0 Å². The Labute approximate surface area is 72.9 Å². The van der Waals surface area contributed by atoms with E-state index in [2.05, 4.69) is 22.6 Å². The largest absolute Gasteiger partial charge is 0.331 e. The lowest BCUT2D eigenvalue weighted by molar-refractivity contribution is 0.754. The molecule has 0 unspecified atom stereocenters. The first-order valence-corrected chi connectivity index (χ1v) is 4.15. The first-order chi connectivity index (χ1) is 5.77. The molecule has 1 aromatic rings. The molecule has 1 rings (SSSR count). The van der Waals surface area contributed by atoms with E-state index in [4.69, 9.17) is 5.73 Å².